The number of fused-ring (bicyclic) bond motifs is 1. The third kappa shape index (κ3) is 2.75. The lowest BCUT2D eigenvalue weighted by atomic mass is 10.1. The third-order valence-corrected chi connectivity index (χ3v) is 3.48. The highest BCUT2D eigenvalue weighted by molar-refractivity contribution is 5.74. The van der Waals surface area contributed by atoms with Gasteiger partial charge >= 0.3 is 0 Å². The minimum atomic E-state index is -0.290. The molecule has 3 rings (SSSR count). The normalized spacial score (nSPS) is 12.7. The van der Waals surface area contributed by atoms with Crippen molar-refractivity contribution in [1.82, 2.24) is 25.3 Å². The fourth-order valence-electron chi connectivity index (χ4n) is 2.28. The number of rotatable bonds is 4. The molecule has 0 saturated carbocycles. The average Bonchev–Trinajstić information content (AvgIpc) is 2.86. The summed E-state index contributed by atoms with van der Waals surface area (Å²) in [7, 11) is 1.86. The molecule has 0 fully saturated rings. The molecule has 0 saturated heterocycles. The lowest BCUT2D eigenvalue weighted by Crippen LogP contribution is -2.20. The number of pyridine rings is 1. The van der Waals surface area contributed by atoms with Gasteiger partial charge in [0.25, 0.3) is 0 Å². The largest absolute Gasteiger partial charge is 0.305 e. The van der Waals surface area contributed by atoms with E-state index >= 15 is 0 Å². The number of benzene rings is 1. The van der Waals surface area contributed by atoms with Crippen molar-refractivity contribution in [3.8, 4) is 0 Å². The predicted molar refractivity (Wildman–Crippen MR) is 78.0 cm³/mol. The van der Waals surface area contributed by atoms with E-state index in [2.05, 4.69) is 20.6 Å². The van der Waals surface area contributed by atoms with E-state index in [0.717, 1.165) is 16.6 Å². The second-order valence-electron chi connectivity index (χ2n) is 5.01. The smallest absolute Gasteiger partial charge is 0.146 e. The molecule has 108 valence electrons. The minimum absolute atomic E-state index is 0.163. The Hall–Kier alpha value is -2.34. The molecule has 1 aromatic carbocycles. The average molecular weight is 285 g/mol. The summed E-state index contributed by atoms with van der Waals surface area (Å²) in [6, 6.07) is 8.83. The summed E-state index contributed by atoms with van der Waals surface area (Å²) in [6.07, 6.45) is 1.60. The number of hydrogen-bond acceptors (Lipinski definition) is 4. The van der Waals surface area contributed by atoms with Gasteiger partial charge in [0.15, 0.2) is 0 Å². The van der Waals surface area contributed by atoms with Crippen molar-refractivity contribution in [2.45, 2.75) is 19.5 Å². The van der Waals surface area contributed by atoms with Gasteiger partial charge < -0.3 is 5.32 Å². The SMILES string of the molecule is CC(NCc1ccc2c(c1)nnn2C)c1ncccc1F. The zero-order chi connectivity index (χ0) is 14.8. The van der Waals surface area contributed by atoms with Crippen molar-refractivity contribution in [2.24, 2.45) is 7.05 Å². The number of halogens is 1. The van der Waals surface area contributed by atoms with Crippen LogP contribution in [0.1, 0.15) is 24.2 Å². The molecule has 0 bridgehead atoms. The quantitative estimate of drug-likeness (QED) is 0.799. The first kappa shape index (κ1) is 13.6. The molecule has 0 aliphatic carbocycles. The Morgan fingerprint density at radius 2 is 2.19 bits per heavy atom. The molecule has 1 N–H and O–H groups in total. The van der Waals surface area contributed by atoms with E-state index < -0.39 is 0 Å². The molecule has 0 radical (unpaired) electrons. The lowest BCUT2D eigenvalue weighted by molar-refractivity contribution is 0.512. The second kappa shape index (κ2) is 5.57. The van der Waals surface area contributed by atoms with Gasteiger partial charge in [-0.2, -0.15) is 0 Å². The first-order valence-corrected chi connectivity index (χ1v) is 6.77. The molecule has 2 aromatic heterocycles. The fourth-order valence-corrected chi connectivity index (χ4v) is 2.28. The van der Waals surface area contributed by atoms with Gasteiger partial charge in [-0.25, -0.2) is 9.07 Å². The Bertz CT molecular complexity index is 768. The monoisotopic (exact) mass is 285 g/mol. The molecule has 0 aliphatic heterocycles. The van der Waals surface area contributed by atoms with E-state index in [1.54, 1.807) is 16.9 Å². The molecule has 0 spiro atoms. The van der Waals surface area contributed by atoms with Crippen LogP contribution in [0, 0.1) is 5.82 Å². The van der Waals surface area contributed by atoms with Crippen LogP contribution in [0.25, 0.3) is 11.0 Å². The van der Waals surface area contributed by atoms with Gasteiger partial charge in [0.1, 0.15) is 11.3 Å². The van der Waals surface area contributed by atoms with Crippen molar-refractivity contribution in [1.29, 1.82) is 0 Å². The van der Waals surface area contributed by atoms with Crippen molar-refractivity contribution < 1.29 is 4.39 Å². The van der Waals surface area contributed by atoms with Gasteiger partial charge in [-0.05, 0) is 36.8 Å². The number of aromatic nitrogens is 4. The molecule has 0 aliphatic rings. The number of aryl methyl sites for hydroxylation is 1. The number of nitrogens with zero attached hydrogens (tertiary/aromatic N) is 4. The van der Waals surface area contributed by atoms with E-state index in [1.807, 2.05) is 32.2 Å². The van der Waals surface area contributed by atoms with Crippen molar-refractivity contribution in [2.75, 3.05) is 0 Å². The molecular formula is C15H16FN5. The van der Waals surface area contributed by atoms with Crippen LogP contribution in [0.5, 0.6) is 0 Å². The van der Waals surface area contributed by atoms with Gasteiger partial charge in [0, 0.05) is 25.8 Å². The van der Waals surface area contributed by atoms with E-state index in [1.165, 1.54) is 6.07 Å². The Kier molecular flexibility index (Phi) is 3.62. The second-order valence-corrected chi connectivity index (χ2v) is 5.01. The van der Waals surface area contributed by atoms with Crippen LogP contribution in [0.3, 0.4) is 0 Å². The zero-order valence-electron chi connectivity index (χ0n) is 11.9. The number of hydrogen-bond donors (Lipinski definition) is 1. The maximum absolute atomic E-state index is 13.7. The molecule has 2 heterocycles. The maximum Gasteiger partial charge on any atom is 0.146 e. The minimum Gasteiger partial charge on any atom is -0.305 e. The summed E-state index contributed by atoms with van der Waals surface area (Å²) >= 11 is 0. The first-order valence-electron chi connectivity index (χ1n) is 6.77. The highest BCUT2D eigenvalue weighted by Gasteiger charge is 2.11. The maximum atomic E-state index is 13.7. The summed E-state index contributed by atoms with van der Waals surface area (Å²) in [5, 5.41) is 11.3. The van der Waals surface area contributed by atoms with E-state index in [4.69, 9.17) is 0 Å². The molecule has 21 heavy (non-hydrogen) atoms. The van der Waals surface area contributed by atoms with Crippen LogP contribution < -0.4 is 5.32 Å². The predicted octanol–water partition coefficient (Wildman–Crippen LogP) is 2.35. The van der Waals surface area contributed by atoms with Crippen molar-refractivity contribution >= 4 is 11.0 Å². The molecule has 1 unspecified atom stereocenters. The molecule has 3 aromatic rings. The third-order valence-electron chi connectivity index (χ3n) is 3.48. The van der Waals surface area contributed by atoms with Gasteiger partial charge in [-0.1, -0.05) is 11.3 Å². The van der Waals surface area contributed by atoms with Gasteiger partial charge in [0.2, 0.25) is 0 Å². The van der Waals surface area contributed by atoms with Crippen LogP contribution in [0.15, 0.2) is 36.5 Å². The summed E-state index contributed by atoms with van der Waals surface area (Å²) in [4.78, 5) is 4.08. The zero-order valence-corrected chi connectivity index (χ0v) is 11.9. The Labute approximate surface area is 121 Å². The van der Waals surface area contributed by atoms with Crippen molar-refractivity contribution in [3.63, 3.8) is 0 Å². The molecule has 0 amide bonds. The van der Waals surface area contributed by atoms with Gasteiger partial charge in [0.05, 0.1) is 11.2 Å². The highest BCUT2D eigenvalue weighted by atomic mass is 19.1. The first-order chi connectivity index (χ1) is 10.1. The van der Waals surface area contributed by atoms with Crippen LogP contribution in [-0.2, 0) is 13.6 Å². The topological polar surface area (TPSA) is 55.6 Å². The van der Waals surface area contributed by atoms with E-state index in [-0.39, 0.29) is 11.9 Å². The Morgan fingerprint density at radius 3 is 3.00 bits per heavy atom. The summed E-state index contributed by atoms with van der Waals surface area (Å²) in [5.41, 5.74) is 3.35. The van der Waals surface area contributed by atoms with Crippen LogP contribution in [0.2, 0.25) is 0 Å². The fraction of sp³-hybridized carbons (Fsp3) is 0.267. The molecule has 5 nitrogen and oxygen atoms in total. The summed E-state index contributed by atoms with van der Waals surface area (Å²) in [5.74, 6) is -0.290. The van der Waals surface area contributed by atoms with Gasteiger partial charge in [-0.3, -0.25) is 4.98 Å². The standard InChI is InChI=1S/C15H16FN5/c1-10(15-12(16)4-3-7-17-15)18-9-11-5-6-14-13(8-11)19-20-21(14)2/h3-8,10,18H,9H2,1-2H3. The van der Waals surface area contributed by atoms with Crippen molar-refractivity contribution in [3.05, 3.63) is 53.6 Å². The van der Waals surface area contributed by atoms with E-state index in [9.17, 15) is 4.39 Å². The lowest BCUT2D eigenvalue weighted by Gasteiger charge is -2.13. The summed E-state index contributed by atoms with van der Waals surface area (Å²) < 4.78 is 15.4. The van der Waals surface area contributed by atoms with Crippen LogP contribution in [-0.4, -0.2) is 20.0 Å². The Morgan fingerprint density at radius 1 is 1.33 bits per heavy atom. The van der Waals surface area contributed by atoms with Crippen LogP contribution >= 0.6 is 0 Å². The van der Waals surface area contributed by atoms with E-state index in [0.29, 0.717) is 12.2 Å². The number of nitrogens with one attached hydrogen (secondary N) is 1. The summed E-state index contributed by atoms with van der Waals surface area (Å²) in [6.45, 7) is 2.51. The Balaban J connectivity index is 1.72. The van der Waals surface area contributed by atoms with Crippen LogP contribution in [0.4, 0.5) is 4.39 Å². The molecule has 1 atom stereocenters. The molecule has 6 heteroatoms. The molecular weight excluding hydrogens is 269 g/mol. The highest BCUT2D eigenvalue weighted by Crippen LogP contribution is 2.16. The van der Waals surface area contributed by atoms with Gasteiger partial charge in [-0.15, -0.1) is 5.10 Å².